The Balaban J connectivity index is 1.46. The molecule has 0 unspecified atom stereocenters. The van der Waals surface area contributed by atoms with Crippen LogP contribution in [0.15, 0.2) is 48.5 Å². The number of rotatable bonds is 4. The maximum absolute atomic E-state index is 12.4. The van der Waals surface area contributed by atoms with Crippen molar-refractivity contribution >= 4 is 23.1 Å². The maximum Gasteiger partial charge on any atom is 0.276 e. The Kier molecular flexibility index (Phi) is 4.33. The van der Waals surface area contributed by atoms with Crippen molar-refractivity contribution in [2.45, 2.75) is 13.8 Å². The van der Waals surface area contributed by atoms with Crippen molar-refractivity contribution in [3.05, 3.63) is 65.4 Å². The molecule has 7 heteroatoms. The van der Waals surface area contributed by atoms with Crippen molar-refractivity contribution in [2.75, 3.05) is 17.4 Å². The minimum absolute atomic E-state index is 0.188. The van der Waals surface area contributed by atoms with Gasteiger partial charge in [0.1, 0.15) is 0 Å². The van der Waals surface area contributed by atoms with Gasteiger partial charge in [0, 0.05) is 17.4 Å². The van der Waals surface area contributed by atoms with Gasteiger partial charge < -0.3 is 20.1 Å². The van der Waals surface area contributed by atoms with Crippen molar-refractivity contribution in [3.8, 4) is 11.5 Å². The number of anilines is 3. The number of nitrogens with zero attached hydrogens (tertiary/aromatic N) is 2. The molecule has 2 heterocycles. The van der Waals surface area contributed by atoms with E-state index in [1.54, 1.807) is 30.3 Å². The quantitative estimate of drug-likeness (QED) is 0.734. The molecule has 1 aliphatic rings. The highest BCUT2D eigenvalue weighted by atomic mass is 16.7. The van der Waals surface area contributed by atoms with Gasteiger partial charge in [0.05, 0.1) is 0 Å². The van der Waals surface area contributed by atoms with Gasteiger partial charge in [-0.3, -0.25) is 4.79 Å². The van der Waals surface area contributed by atoms with Crippen LogP contribution in [0.3, 0.4) is 0 Å². The van der Waals surface area contributed by atoms with E-state index in [4.69, 9.17) is 9.47 Å². The Morgan fingerprint density at radius 1 is 0.963 bits per heavy atom. The average Bonchev–Trinajstić information content (AvgIpc) is 3.13. The highest BCUT2D eigenvalue weighted by molar-refractivity contribution is 6.03. The van der Waals surface area contributed by atoms with E-state index in [0.717, 1.165) is 16.8 Å². The Labute approximate surface area is 156 Å². The molecule has 4 rings (SSSR count). The molecule has 0 fully saturated rings. The molecule has 0 aliphatic carbocycles. The molecule has 0 saturated heterocycles. The number of nitrogens with one attached hydrogen (secondary N) is 2. The zero-order valence-electron chi connectivity index (χ0n) is 14.9. The normalized spacial score (nSPS) is 11.9. The monoisotopic (exact) mass is 362 g/mol. The second-order valence-electron chi connectivity index (χ2n) is 6.22. The van der Waals surface area contributed by atoms with Gasteiger partial charge in [-0.25, -0.2) is 0 Å². The highest BCUT2D eigenvalue weighted by Crippen LogP contribution is 2.34. The van der Waals surface area contributed by atoms with Crippen molar-refractivity contribution in [2.24, 2.45) is 0 Å². The largest absolute Gasteiger partial charge is 0.454 e. The van der Waals surface area contributed by atoms with E-state index in [2.05, 4.69) is 20.8 Å². The number of benzene rings is 2. The first-order chi connectivity index (χ1) is 13.1. The van der Waals surface area contributed by atoms with E-state index >= 15 is 0 Å². The molecular formula is C20H18N4O3. The number of fused-ring (bicyclic) bond motifs is 1. The summed E-state index contributed by atoms with van der Waals surface area (Å²) < 4.78 is 10.6. The number of para-hydroxylation sites is 1. The molecule has 2 aromatic carbocycles. The summed E-state index contributed by atoms with van der Waals surface area (Å²) in [6.07, 6.45) is 0. The number of amides is 1. The fourth-order valence-corrected chi connectivity index (χ4v) is 2.83. The summed E-state index contributed by atoms with van der Waals surface area (Å²) in [5.41, 5.74) is 4.04. The van der Waals surface area contributed by atoms with Crippen LogP contribution < -0.4 is 20.1 Å². The van der Waals surface area contributed by atoms with Crippen LogP contribution in [0.1, 0.15) is 21.6 Å². The van der Waals surface area contributed by atoms with Crippen molar-refractivity contribution < 1.29 is 14.3 Å². The number of hydrogen-bond donors (Lipinski definition) is 2. The molecule has 7 nitrogen and oxygen atoms in total. The molecule has 1 aliphatic heterocycles. The lowest BCUT2D eigenvalue weighted by Crippen LogP contribution is -2.14. The lowest BCUT2D eigenvalue weighted by molar-refractivity contribution is 0.102. The molecule has 3 aromatic rings. The Hall–Kier alpha value is -3.61. The summed E-state index contributed by atoms with van der Waals surface area (Å²) in [7, 11) is 0. The van der Waals surface area contributed by atoms with Crippen LogP contribution >= 0.6 is 0 Å². The van der Waals surface area contributed by atoms with Crippen LogP contribution in [-0.2, 0) is 0 Å². The van der Waals surface area contributed by atoms with E-state index in [1.165, 1.54) is 0 Å². The summed E-state index contributed by atoms with van der Waals surface area (Å²) >= 11 is 0. The van der Waals surface area contributed by atoms with Crippen LogP contribution in [0, 0.1) is 13.8 Å². The van der Waals surface area contributed by atoms with Crippen LogP contribution in [0.4, 0.5) is 17.2 Å². The average molecular weight is 362 g/mol. The number of carbonyl (C=O) groups is 1. The molecule has 0 saturated carbocycles. The van der Waals surface area contributed by atoms with E-state index in [-0.39, 0.29) is 18.4 Å². The number of aryl methyl sites for hydroxylation is 2. The topological polar surface area (TPSA) is 85.4 Å². The predicted molar refractivity (Wildman–Crippen MR) is 102 cm³/mol. The lowest BCUT2D eigenvalue weighted by Gasteiger charge is -2.11. The first kappa shape index (κ1) is 16.8. The fourth-order valence-electron chi connectivity index (χ4n) is 2.83. The molecule has 1 aromatic heterocycles. The van der Waals surface area contributed by atoms with Gasteiger partial charge in [0.2, 0.25) is 6.79 Å². The van der Waals surface area contributed by atoms with Gasteiger partial charge >= 0.3 is 0 Å². The summed E-state index contributed by atoms with van der Waals surface area (Å²) in [6, 6.07) is 14.6. The van der Waals surface area contributed by atoms with E-state index in [1.807, 2.05) is 32.0 Å². The standard InChI is InChI=1S/C20H18N4O3/c1-12-4-3-5-13(2)19(12)22-18-9-7-15(23-24-18)20(25)21-14-6-8-16-17(10-14)27-11-26-16/h3-10H,11H2,1-2H3,(H,21,25)(H,22,24). The van der Waals surface area contributed by atoms with Crippen molar-refractivity contribution in [1.29, 1.82) is 0 Å². The second kappa shape index (κ2) is 6.95. The maximum atomic E-state index is 12.4. The minimum Gasteiger partial charge on any atom is -0.454 e. The third-order valence-corrected chi connectivity index (χ3v) is 4.26. The number of carbonyl (C=O) groups excluding carboxylic acids is 1. The molecular weight excluding hydrogens is 344 g/mol. The number of aromatic nitrogens is 2. The first-order valence-corrected chi connectivity index (χ1v) is 8.48. The fraction of sp³-hybridized carbons (Fsp3) is 0.150. The van der Waals surface area contributed by atoms with Crippen LogP contribution in [0.5, 0.6) is 11.5 Å². The van der Waals surface area contributed by atoms with Gasteiger partial charge in [-0.05, 0) is 49.2 Å². The Bertz CT molecular complexity index is 982. The van der Waals surface area contributed by atoms with E-state index in [0.29, 0.717) is 23.0 Å². The molecule has 0 bridgehead atoms. The lowest BCUT2D eigenvalue weighted by atomic mass is 10.1. The summed E-state index contributed by atoms with van der Waals surface area (Å²) in [6.45, 7) is 4.24. The highest BCUT2D eigenvalue weighted by Gasteiger charge is 2.15. The number of hydrogen-bond acceptors (Lipinski definition) is 6. The zero-order valence-corrected chi connectivity index (χ0v) is 14.9. The van der Waals surface area contributed by atoms with Gasteiger partial charge in [-0.2, -0.15) is 0 Å². The minimum atomic E-state index is -0.347. The first-order valence-electron chi connectivity index (χ1n) is 8.48. The smallest absolute Gasteiger partial charge is 0.276 e. The van der Waals surface area contributed by atoms with Crippen molar-refractivity contribution in [1.82, 2.24) is 10.2 Å². The van der Waals surface area contributed by atoms with Gasteiger partial charge in [0.25, 0.3) is 5.91 Å². The zero-order chi connectivity index (χ0) is 18.8. The van der Waals surface area contributed by atoms with Crippen LogP contribution in [0.25, 0.3) is 0 Å². The third-order valence-electron chi connectivity index (χ3n) is 4.26. The molecule has 136 valence electrons. The summed E-state index contributed by atoms with van der Waals surface area (Å²) in [5.74, 6) is 1.49. The predicted octanol–water partition coefficient (Wildman–Crippen LogP) is 3.82. The molecule has 27 heavy (non-hydrogen) atoms. The molecule has 0 atom stereocenters. The van der Waals surface area contributed by atoms with E-state index in [9.17, 15) is 4.79 Å². The SMILES string of the molecule is Cc1cccc(C)c1Nc1ccc(C(=O)Nc2ccc3c(c2)OCO3)nn1. The Morgan fingerprint density at radius 3 is 2.48 bits per heavy atom. The number of ether oxygens (including phenoxy) is 2. The summed E-state index contributed by atoms with van der Waals surface area (Å²) in [5, 5.41) is 14.2. The second-order valence-corrected chi connectivity index (χ2v) is 6.22. The molecule has 2 N–H and O–H groups in total. The third kappa shape index (κ3) is 3.52. The summed E-state index contributed by atoms with van der Waals surface area (Å²) in [4.78, 5) is 12.4. The van der Waals surface area contributed by atoms with Gasteiger partial charge in [0.15, 0.2) is 23.0 Å². The van der Waals surface area contributed by atoms with Crippen molar-refractivity contribution in [3.63, 3.8) is 0 Å². The van der Waals surface area contributed by atoms with Gasteiger partial charge in [-0.1, -0.05) is 18.2 Å². The molecule has 0 spiro atoms. The van der Waals surface area contributed by atoms with E-state index < -0.39 is 0 Å². The van der Waals surface area contributed by atoms with Crippen LogP contribution in [0.2, 0.25) is 0 Å². The molecule has 0 radical (unpaired) electrons. The Morgan fingerprint density at radius 2 is 1.74 bits per heavy atom. The van der Waals surface area contributed by atoms with Gasteiger partial charge in [-0.15, -0.1) is 10.2 Å². The van der Waals surface area contributed by atoms with Crippen LogP contribution in [-0.4, -0.2) is 22.9 Å². The molecule has 1 amide bonds.